The lowest BCUT2D eigenvalue weighted by Gasteiger charge is -2.11. The van der Waals surface area contributed by atoms with E-state index in [9.17, 15) is 4.79 Å². The summed E-state index contributed by atoms with van der Waals surface area (Å²) in [6.07, 6.45) is 2.10. The molecule has 3 rings (SSSR count). The van der Waals surface area contributed by atoms with Gasteiger partial charge in [-0.2, -0.15) is 0 Å². The van der Waals surface area contributed by atoms with Crippen LogP contribution in [0.2, 0.25) is 0 Å². The number of benzene rings is 3. The molecule has 3 aromatic rings. The Hall–Kier alpha value is -3.47. The summed E-state index contributed by atoms with van der Waals surface area (Å²) in [5.74, 6) is 2.07. The number of ether oxygens (including phenoxy) is 3. The molecule has 3 aromatic carbocycles. The van der Waals surface area contributed by atoms with Gasteiger partial charge in [-0.05, 0) is 55.0 Å². The average Bonchev–Trinajstić information content (AvgIpc) is 2.78. The van der Waals surface area contributed by atoms with Crippen molar-refractivity contribution >= 4 is 11.6 Å². The second-order valence-electron chi connectivity index (χ2n) is 6.72. The third-order valence-electron chi connectivity index (χ3n) is 4.34. The molecular formula is C25H27NO4. The van der Waals surface area contributed by atoms with Gasteiger partial charge in [0.2, 0.25) is 0 Å². The Balaban J connectivity index is 1.47. The molecule has 1 N–H and O–H groups in total. The SMILES string of the molecule is CCCCOc1ccc(C(=O)Nc2cccc(OCCOc3ccccc3)c2)cc1. The average molecular weight is 405 g/mol. The fourth-order valence-corrected chi connectivity index (χ4v) is 2.74. The van der Waals surface area contributed by atoms with Crippen molar-refractivity contribution in [2.45, 2.75) is 19.8 Å². The van der Waals surface area contributed by atoms with Gasteiger partial charge in [0.05, 0.1) is 6.61 Å². The van der Waals surface area contributed by atoms with Crippen molar-refractivity contribution in [1.82, 2.24) is 0 Å². The first-order chi connectivity index (χ1) is 14.7. The van der Waals surface area contributed by atoms with E-state index in [1.807, 2.05) is 60.7 Å². The molecule has 0 radical (unpaired) electrons. The van der Waals surface area contributed by atoms with Crippen LogP contribution in [0.25, 0.3) is 0 Å². The van der Waals surface area contributed by atoms with Crippen LogP contribution >= 0.6 is 0 Å². The molecule has 0 spiro atoms. The van der Waals surface area contributed by atoms with Crippen LogP contribution < -0.4 is 19.5 Å². The van der Waals surface area contributed by atoms with Crippen LogP contribution in [0.15, 0.2) is 78.9 Å². The molecular weight excluding hydrogens is 378 g/mol. The summed E-state index contributed by atoms with van der Waals surface area (Å²) in [4.78, 5) is 12.5. The fourth-order valence-electron chi connectivity index (χ4n) is 2.74. The predicted octanol–water partition coefficient (Wildman–Crippen LogP) is 5.58. The van der Waals surface area contributed by atoms with E-state index >= 15 is 0 Å². The van der Waals surface area contributed by atoms with Crippen molar-refractivity contribution in [2.75, 3.05) is 25.1 Å². The first-order valence-corrected chi connectivity index (χ1v) is 10.2. The minimum Gasteiger partial charge on any atom is -0.494 e. The monoisotopic (exact) mass is 405 g/mol. The predicted molar refractivity (Wildman–Crippen MR) is 119 cm³/mol. The highest BCUT2D eigenvalue weighted by molar-refractivity contribution is 6.04. The lowest BCUT2D eigenvalue weighted by atomic mass is 10.2. The highest BCUT2D eigenvalue weighted by Crippen LogP contribution is 2.19. The number of carbonyl (C=O) groups is 1. The van der Waals surface area contributed by atoms with Crippen LogP contribution in [0, 0.1) is 0 Å². The minimum absolute atomic E-state index is 0.181. The Morgan fingerprint density at radius 1 is 0.733 bits per heavy atom. The second-order valence-corrected chi connectivity index (χ2v) is 6.72. The smallest absolute Gasteiger partial charge is 0.255 e. The largest absolute Gasteiger partial charge is 0.494 e. The van der Waals surface area contributed by atoms with Gasteiger partial charge in [0.15, 0.2) is 0 Å². The van der Waals surface area contributed by atoms with Crippen molar-refractivity contribution in [3.63, 3.8) is 0 Å². The number of hydrogen-bond acceptors (Lipinski definition) is 4. The Kier molecular flexibility index (Phi) is 8.15. The summed E-state index contributed by atoms with van der Waals surface area (Å²) >= 11 is 0. The van der Waals surface area contributed by atoms with Crippen LogP contribution in [-0.2, 0) is 0 Å². The molecule has 0 aromatic heterocycles. The Morgan fingerprint density at radius 3 is 2.10 bits per heavy atom. The lowest BCUT2D eigenvalue weighted by Crippen LogP contribution is -2.12. The summed E-state index contributed by atoms with van der Waals surface area (Å²) in [5, 5.41) is 2.90. The molecule has 156 valence electrons. The van der Waals surface area contributed by atoms with Crippen LogP contribution in [0.4, 0.5) is 5.69 Å². The maximum absolute atomic E-state index is 12.5. The summed E-state index contributed by atoms with van der Waals surface area (Å²) in [6, 6.07) is 24.1. The zero-order valence-electron chi connectivity index (χ0n) is 17.2. The third-order valence-corrected chi connectivity index (χ3v) is 4.34. The van der Waals surface area contributed by atoms with Gasteiger partial charge >= 0.3 is 0 Å². The van der Waals surface area contributed by atoms with E-state index in [-0.39, 0.29) is 5.91 Å². The number of para-hydroxylation sites is 1. The zero-order valence-corrected chi connectivity index (χ0v) is 17.2. The number of hydrogen-bond donors (Lipinski definition) is 1. The van der Waals surface area contributed by atoms with Gasteiger partial charge in [0.25, 0.3) is 5.91 Å². The molecule has 0 fully saturated rings. The molecule has 0 saturated heterocycles. The van der Waals surface area contributed by atoms with E-state index in [1.54, 1.807) is 18.2 Å². The highest BCUT2D eigenvalue weighted by Gasteiger charge is 2.07. The lowest BCUT2D eigenvalue weighted by molar-refractivity contribution is 0.102. The molecule has 0 aliphatic carbocycles. The van der Waals surface area contributed by atoms with E-state index in [0.29, 0.717) is 36.8 Å². The molecule has 5 heteroatoms. The van der Waals surface area contributed by atoms with E-state index in [1.165, 1.54) is 0 Å². The van der Waals surface area contributed by atoms with Gasteiger partial charge in [-0.1, -0.05) is 37.6 Å². The number of carbonyl (C=O) groups excluding carboxylic acids is 1. The van der Waals surface area contributed by atoms with Crippen molar-refractivity contribution in [2.24, 2.45) is 0 Å². The molecule has 0 aliphatic rings. The number of amides is 1. The minimum atomic E-state index is -0.181. The molecule has 30 heavy (non-hydrogen) atoms. The maximum Gasteiger partial charge on any atom is 0.255 e. The van der Waals surface area contributed by atoms with Crippen LogP contribution in [0.1, 0.15) is 30.1 Å². The summed E-state index contributed by atoms with van der Waals surface area (Å²) < 4.78 is 17.0. The second kappa shape index (κ2) is 11.5. The van der Waals surface area contributed by atoms with Crippen molar-refractivity contribution in [3.8, 4) is 17.2 Å². The number of rotatable bonds is 11. The van der Waals surface area contributed by atoms with Gasteiger partial charge < -0.3 is 19.5 Å². The van der Waals surface area contributed by atoms with Crippen LogP contribution in [0.3, 0.4) is 0 Å². The maximum atomic E-state index is 12.5. The van der Waals surface area contributed by atoms with Crippen molar-refractivity contribution in [1.29, 1.82) is 0 Å². The molecule has 1 amide bonds. The highest BCUT2D eigenvalue weighted by atomic mass is 16.5. The summed E-state index contributed by atoms with van der Waals surface area (Å²) in [6.45, 7) is 3.65. The summed E-state index contributed by atoms with van der Waals surface area (Å²) in [7, 11) is 0. The topological polar surface area (TPSA) is 56.8 Å². The Bertz CT molecular complexity index is 910. The molecule has 0 heterocycles. The van der Waals surface area contributed by atoms with E-state index in [4.69, 9.17) is 14.2 Å². The molecule has 0 saturated carbocycles. The zero-order chi connectivity index (χ0) is 21.0. The van der Waals surface area contributed by atoms with Crippen molar-refractivity contribution < 1.29 is 19.0 Å². The van der Waals surface area contributed by atoms with Gasteiger partial charge in [-0.25, -0.2) is 0 Å². The Labute approximate surface area is 177 Å². The van der Waals surface area contributed by atoms with Crippen LogP contribution in [-0.4, -0.2) is 25.7 Å². The number of nitrogens with one attached hydrogen (secondary N) is 1. The Morgan fingerprint density at radius 2 is 1.37 bits per heavy atom. The van der Waals surface area contributed by atoms with Gasteiger partial charge in [-0.15, -0.1) is 0 Å². The standard InChI is InChI=1S/C25H27NO4/c1-2-3-16-28-23-14-12-20(13-15-23)25(27)26-21-8-7-11-24(19-21)30-18-17-29-22-9-5-4-6-10-22/h4-15,19H,2-3,16-18H2,1H3,(H,26,27). The van der Waals surface area contributed by atoms with Crippen LogP contribution in [0.5, 0.6) is 17.2 Å². The normalized spacial score (nSPS) is 10.3. The molecule has 0 atom stereocenters. The van der Waals surface area contributed by atoms with Gasteiger partial charge in [0, 0.05) is 17.3 Å². The first-order valence-electron chi connectivity index (χ1n) is 10.2. The molecule has 5 nitrogen and oxygen atoms in total. The van der Waals surface area contributed by atoms with E-state index in [2.05, 4.69) is 12.2 Å². The fraction of sp³-hybridized carbons (Fsp3) is 0.240. The molecule has 0 aliphatic heterocycles. The molecule has 0 unspecified atom stereocenters. The quantitative estimate of drug-likeness (QED) is 0.423. The summed E-state index contributed by atoms with van der Waals surface area (Å²) in [5.41, 5.74) is 1.24. The van der Waals surface area contributed by atoms with E-state index < -0.39 is 0 Å². The van der Waals surface area contributed by atoms with Crippen molar-refractivity contribution in [3.05, 3.63) is 84.4 Å². The van der Waals surface area contributed by atoms with Gasteiger partial charge in [-0.3, -0.25) is 4.79 Å². The van der Waals surface area contributed by atoms with E-state index in [0.717, 1.165) is 24.3 Å². The molecule has 0 bridgehead atoms. The third kappa shape index (κ3) is 6.85. The number of unbranched alkanes of at least 4 members (excludes halogenated alkanes) is 1. The number of anilines is 1. The first kappa shape index (κ1) is 21.2. The van der Waals surface area contributed by atoms with Gasteiger partial charge in [0.1, 0.15) is 30.5 Å².